The number of hydrogen-bond donors (Lipinski definition) is 1. The third kappa shape index (κ3) is 4.64. The Kier molecular flexibility index (Phi) is 6.57. The Balaban J connectivity index is 1.56. The zero-order valence-corrected chi connectivity index (χ0v) is 17.2. The number of morpholine rings is 1. The van der Waals surface area contributed by atoms with Crippen molar-refractivity contribution < 1.29 is 23.8 Å². The average molecular weight is 390 g/mol. The summed E-state index contributed by atoms with van der Waals surface area (Å²) in [6.07, 6.45) is 0.772. The van der Waals surface area contributed by atoms with Gasteiger partial charge in [0.05, 0.1) is 19.6 Å². The molecule has 2 aliphatic heterocycles. The highest BCUT2D eigenvalue weighted by Crippen LogP contribution is 2.42. The van der Waals surface area contributed by atoms with Gasteiger partial charge in [0.1, 0.15) is 17.6 Å². The molecule has 7 nitrogen and oxygen atoms in total. The first-order valence-electron chi connectivity index (χ1n) is 9.91. The Morgan fingerprint density at radius 2 is 1.86 bits per heavy atom. The molecule has 1 aromatic carbocycles. The number of ether oxygens (including phenoxy) is 3. The molecule has 2 aliphatic rings. The van der Waals surface area contributed by atoms with E-state index in [0.29, 0.717) is 25.1 Å². The molecule has 1 N–H and O–H groups in total. The number of amides is 1. The molecule has 2 heterocycles. The number of esters is 1. The molecule has 3 rings (SSSR count). The molecule has 1 unspecified atom stereocenters. The molecule has 1 aromatic rings. The van der Waals surface area contributed by atoms with Crippen LogP contribution in [0.5, 0.6) is 11.5 Å². The van der Waals surface area contributed by atoms with Crippen molar-refractivity contribution in [1.82, 2.24) is 10.2 Å². The smallest absolute Gasteiger partial charge is 0.308 e. The SMILES string of the molecule is CC(=O)Oc1c(C)c(C)c2c(c1C)CC(CC(=O)NCCN1CCOCC1)O2. The number of nitrogens with zero attached hydrogens (tertiary/aromatic N) is 1. The second-order valence-electron chi connectivity index (χ2n) is 7.56. The molecule has 1 saturated heterocycles. The number of rotatable bonds is 6. The summed E-state index contributed by atoms with van der Waals surface area (Å²) in [5.41, 5.74) is 3.82. The zero-order chi connectivity index (χ0) is 20.3. The number of fused-ring (bicyclic) bond motifs is 1. The number of nitrogens with one attached hydrogen (secondary N) is 1. The minimum atomic E-state index is -0.333. The predicted octanol–water partition coefficient (Wildman–Crippen LogP) is 1.68. The van der Waals surface area contributed by atoms with Crippen LogP contribution in [0.25, 0.3) is 0 Å². The van der Waals surface area contributed by atoms with Crippen LogP contribution in [0.3, 0.4) is 0 Å². The summed E-state index contributed by atoms with van der Waals surface area (Å²) in [6.45, 7) is 12.1. The highest BCUT2D eigenvalue weighted by Gasteiger charge is 2.31. The predicted molar refractivity (Wildman–Crippen MR) is 105 cm³/mol. The van der Waals surface area contributed by atoms with E-state index in [9.17, 15) is 9.59 Å². The van der Waals surface area contributed by atoms with Gasteiger partial charge in [-0.1, -0.05) is 0 Å². The summed E-state index contributed by atoms with van der Waals surface area (Å²) in [4.78, 5) is 26.1. The molecule has 28 heavy (non-hydrogen) atoms. The number of benzene rings is 1. The third-order valence-corrected chi connectivity index (χ3v) is 5.54. The molecular weight excluding hydrogens is 360 g/mol. The second-order valence-corrected chi connectivity index (χ2v) is 7.56. The Morgan fingerprint density at radius 3 is 2.54 bits per heavy atom. The standard InChI is InChI=1S/C21H30N2O5/c1-13-14(2)21-18(15(3)20(13)27-16(4)24)11-17(28-21)12-19(25)22-5-6-23-7-9-26-10-8-23/h17H,5-12H2,1-4H3,(H,22,25). The summed E-state index contributed by atoms with van der Waals surface area (Å²) < 4.78 is 16.9. The lowest BCUT2D eigenvalue weighted by atomic mass is 9.95. The van der Waals surface area contributed by atoms with E-state index in [1.807, 2.05) is 20.8 Å². The van der Waals surface area contributed by atoms with Gasteiger partial charge in [-0.05, 0) is 37.5 Å². The van der Waals surface area contributed by atoms with Gasteiger partial charge in [0, 0.05) is 45.1 Å². The fourth-order valence-electron chi connectivity index (χ4n) is 3.86. The van der Waals surface area contributed by atoms with E-state index in [2.05, 4.69) is 10.2 Å². The van der Waals surface area contributed by atoms with E-state index in [0.717, 1.165) is 60.9 Å². The summed E-state index contributed by atoms with van der Waals surface area (Å²) in [6, 6.07) is 0. The van der Waals surface area contributed by atoms with Crippen molar-refractivity contribution in [3.63, 3.8) is 0 Å². The zero-order valence-electron chi connectivity index (χ0n) is 17.2. The van der Waals surface area contributed by atoms with Crippen molar-refractivity contribution in [3.05, 3.63) is 22.3 Å². The molecule has 0 aliphatic carbocycles. The summed E-state index contributed by atoms with van der Waals surface area (Å²) in [5, 5.41) is 2.99. The first kappa shape index (κ1) is 20.6. The van der Waals surface area contributed by atoms with Crippen LogP contribution in [0.4, 0.5) is 0 Å². The van der Waals surface area contributed by atoms with Crippen molar-refractivity contribution in [2.24, 2.45) is 0 Å². The number of carbonyl (C=O) groups is 2. The van der Waals surface area contributed by atoms with Crippen molar-refractivity contribution in [2.45, 2.75) is 46.6 Å². The minimum Gasteiger partial charge on any atom is -0.489 e. The first-order valence-corrected chi connectivity index (χ1v) is 9.91. The van der Waals surface area contributed by atoms with Crippen LogP contribution in [0.1, 0.15) is 35.6 Å². The van der Waals surface area contributed by atoms with E-state index in [-0.39, 0.29) is 18.0 Å². The lowest BCUT2D eigenvalue weighted by Crippen LogP contribution is -2.41. The molecule has 0 bridgehead atoms. The largest absolute Gasteiger partial charge is 0.489 e. The van der Waals surface area contributed by atoms with Gasteiger partial charge >= 0.3 is 5.97 Å². The summed E-state index contributed by atoms with van der Waals surface area (Å²) in [5.74, 6) is 1.11. The van der Waals surface area contributed by atoms with Crippen LogP contribution in [0.2, 0.25) is 0 Å². The Labute approximate surface area is 166 Å². The van der Waals surface area contributed by atoms with Crippen LogP contribution in [0.15, 0.2) is 0 Å². The molecule has 0 aromatic heterocycles. The van der Waals surface area contributed by atoms with Crippen molar-refractivity contribution >= 4 is 11.9 Å². The van der Waals surface area contributed by atoms with Crippen molar-refractivity contribution in [2.75, 3.05) is 39.4 Å². The average Bonchev–Trinajstić information content (AvgIpc) is 3.08. The van der Waals surface area contributed by atoms with Gasteiger partial charge in [0.15, 0.2) is 0 Å². The topological polar surface area (TPSA) is 77.1 Å². The molecule has 1 atom stereocenters. The monoisotopic (exact) mass is 390 g/mol. The van der Waals surface area contributed by atoms with Gasteiger partial charge in [0.25, 0.3) is 0 Å². The summed E-state index contributed by atoms with van der Waals surface area (Å²) in [7, 11) is 0. The molecule has 0 saturated carbocycles. The van der Waals surface area contributed by atoms with Gasteiger partial charge in [-0.15, -0.1) is 0 Å². The first-order chi connectivity index (χ1) is 13.4. The maximum absolute atomic E-state index is 12.3. The van der Waals surface area contributed by atoms with Gasteiger partial charge in [-0.25, -0.2) is 0 Å². The maximum Gasteiger partial charge on any atom is 0.308 e. The van der Waals surface area contributed by atoms with Crippen molar-refractivity contribution in [1.29, 1.82) is 0 Å². The molecular formula is C21H30N2O5. The number of carbonyl (C=O) groups excluding carboxylic acids is 2. The van der Waals surface area contributed by atoms with E-state index < -0.39 is 0 Å². The van der Waals surface area contributed by atoms with E-state index >= 15 is 0 Å². The fraction of sp³-hybridized carbons (Fsp3) is 0.619. The quantitative estimate of drug-likeness (QED) is 0.588. The van der Waals surface area contributed by atoms with Crippen molar-refractivity contribution in [3.8, 4) is 11.5 Å². The lowest BCUT2D eigenvalue weighted by Gasteiger charge is -2.26. The molecule has 1 amide bonds. The van der Waals surface area contributed by atoms with Crippen LogP contribution in [-0.2, 0) is 20.7 Å². The van der Waals surface area contributed by atoms with Gasteiger partial charge in [0.2, 0.25) is 5.91 Å². The Bertz CT molecular complexity index is 756. The highest BCUT2D eigenvalue weighted by molar-refractivity contribution is 5.77. The highest BCUT2D eigenvalue weighted by atomic mass is 16.5. The van der Waals surface area contributed by atoms with Gasteiger partial charge in [-0.2, -0.15) is 0 Å². The maximum atomic E-state index is 12.3. The Hall–Kier alpha value is -2.12. The third-order valence-electron chi connectivity index (χ3n) is 5.54. The van der Waals surface area contributed by atoms with E-state index in [1.165, 1.54) is 6.92 Å². The van der Waals surface area contributed by atoms with Gasteiger partial charge in [-0.3, -0.25) is 14.5 Å². The van der Waals surface area contributed by atoms with Gasteiger partial charge < -0.3 is 19.5 Å². The van der Waals surface area contributed by atoms with Crippen LogP contribution < -0.4 is 14.8 Å². The van der Waals surface area contributed by atoms with Crippen LogP contribution in [0, 0.1) is 20.8 Å². The normalized spacial score (nSPS) is 19.1. The Morgan fingerprint density at radius 1 is 1.14 bits per heavy atom. The number of hydrogen-bond acceptors (Lipinski definition) is 6. The van der Waals surface area contributed by atoms with Crippen LogP contribution >= 0.6 is 0 Å². The molecule has 0 spiro atoms. The van der Waals surface area contributed by atoms with E-state index in [1.54, 1.807) is 0 Å². The molecule has 154 valence electrons. The fourth-order valence-corrected chi connectivity index (χ4v) is 3.86. The molecule has 7 heteroatoms. The molecule has 1 fully saturated rings. The minimum absolute atomic E-state index is 0.00157. The summed E-state index contributed by atoms with van der Waals surface area (Å²) >= 11 is 0. The van der Waals surface area contributed by atoms with E-state index in [4.69, 9.17) is 14.2 Å². The molecule has 0 radical (unpaired) electrons. The lowest BCUT2D eigenvalue weighted by molar-refractivity contribution is -0.132. The van der Waals surface area contributed by atoms with Crippen LogP contribution in [-0.4, -0.2) is 62.3 Å². The second kappa shape index (κ2) is 8.92.